The SMILES string of the molecule is CC/C=C\C/C=C\C/C=C\C/C=C\C/C=C\C/C=C\CCCCCCCCCCCCCCC(=O)OCC(O)COP(=O)(O)OCC(O)COP(=O)(O)OCC(COC(=O)CCCCCCCCCCCCCCCCC/C=C\C/C=C\C/C=C\C/C=C\CCCCC)OC(=O)CCCCCCCCCC/C=C\C/C=C\C/C=C\C/C=C\C/C=C\C/C=C\CC. The third kappa shape index (κ3) is 98.8. The molecular weight excluding hydrogens is 1600 g/mol. The Labute approximate surface area is 763 Å². The van der Waals surface area contributed by atoms with Crippen LogP contribution >= 0.6 is 15.6 Å². The third-order valence-electron chi connectivity index (χ3n) is 20.8. The molecule has 0 heterocycles. The Morgan fingerprint density at radius 2 is 0.424 bits per heavy atom. The number of rotatable bonds is 93. The second-order valence-electron chi connectivity index (χ2n) is 32.8. The minimum absolute atomic E-state index is 0.0893. The molecule has 714 valence electrons. The monoisotopic (exact) mass is 1780 g/mol. The Bertz CT molecular complexity index is 3050. The van der Waals surface area contributed by atoms with Crippen LogP contribution in [0.2, 0.25) is 0 Å². The van der Waals surface area contributed by atoms with Crippen molar-refractivity contribution in [2.75, 3.05) is 39.6 Å². The van der Waals surface area contributed by atoms with Crippen LogP contribution in [-0.2, 0) is 55.8 Å². The summed E-state index contributed by atoms with van der Waals surface area (Å²) < 4.78 is 61.6. The fourth-order valence-corrected chi connectivity index (χ4v) is 14.9. The Morgan fingerprint density at radius 1 is 0.232 bits per heavy atom. The summed E-state index contributed by atoms with van der Waals surface area (Å²) in [6, 6.07) is 0. The molecule has 0 spiro atoms. The highest BCUT2D eigenvalue weighted by Crippen LogP contribution is 2.45. The molecule has 0 radical (unpaired) electrons. The number of aliphatic hydroxyl groups is 2. The quantitative estimate of drug-likeness (QED) is 0.0146. The first-order valence-electron chi connectivity index (χ1n) is 49.7. The molecule has 0 bridgehead atoms. The lowest BCUT2D eigenvalue weighted by atomic mass is 10.0. The summed E-state index contributed by atoms with van der Waals surface area (Å²) in [5.74, 6) is -1.58. The van der Waals surface area contributed by atoms with Gasteiger partial charge in [0.05, 0.1) is 26.4 Å². The normalized spacial score (nSPS) is 14.5. The van der Waals surface area contributed by atoms with Gasteiger partial charge < -0.3 is 34.2 Å². The van der Waals surface area contributed by atoms with E-state index >= 15 is 0 Å². The number of unbranched alkanes of at least 4 members (excludes halogenated alkanes) is 38. The molecule has 16 nitrogen and oxygen atoms in total. The number of aliphatic hydroxyl groups excluding tert-OH is 2. The van der Waals surface area contributed by atoms with Crippen molar-refractivity contribution in [1.29, 1.82) is 0 Å². The third-order valence-corrected chi connectivity index (χ3v) is 22.7. The van der Waals surface area contributed by atoms with Gasteiger partial charge in [-0.15, -0.1) is 0 Å². The number of allylic oxidation sites excluding steroid dienone is 32. The lowest BCUT2D eigenvalue weighted by molar-refractivity contribution is -0.161. The van der Waals surface area contributed by atoms with Crippen LogP contribution in [0, 0.1) is 0 Å². The molecule has 5 atom stereocenters. The van der Waals surface area contributed by atoms with Gasteiger partial charge in [-0.05, 0) is 167 Å². The maximum Gasteiger partial charge on any atom is 0.472 e. The zero-order chi connectivity index (χ0) is 90.7. The van der Waals surface area contributed by atoms with E-state index in [0.29, 0.717) is 19.3 Å². The van der Waals surface area contributed by atoms with Gasteiger partial charge in [-0.25, -0.2) is 9.13 Å². The molecule has 0 saturated carbocycles. The molecule has 0 aliphatic carbocycles. The number of carbonyl (C=O) groups excluding carboxylic acids is 3. The molecule has 18 heteroatoms. The van der Waals surface area contributed by atoms with Crippen LogP contribution in [0.4, 0.5) is 0 Å². The number of esters is 3. The van der Waals surface area contributed by atoms with Crippen LogP contribution in [0.5, 0.6) is 0 Å². The van der Waals surface area contributed by atoms with E-state index in [4.69, 9.17) is 32.3 Å². The highest BCUT2D eigenvalue weighted by molar-refractivity contribution is 7.47. The van der Waals surface area contributed by atoms with E-state index in [1.807, 2.05) is 0 Å². The van der Waals surface area contributed by atoms with Gasteiger partial charge in [0.2, 0.25) is 0 Å². The number of hydrogen-bond acceptors (Lipinski definition) is 14. The van der Waals surface area contributed by atoms with Crippen LogP contribution < -0.4 is 0 Å². The van der Waals surface area contributed by atoms with Crippen LogP contribution in [0.25, 0.3) is 0 Å². The molecule has 0 aliphatic heterocycles. The summed E-state index contributed by atoms with van der Waals surface area (Å²) in [7, 11) is -9.83. The molecule has 4 N–H and O–H groups in total. The van der Waals surface area contributed by atoms with Gasteiger partial charge in [-0.1, -0.05) is 414 Å². The van der Waals surface area contributed by atoms with E-state index in [0.717, 1.165) is 186 Å². The molecule has 0 aromatic rings. The number of ether oxygens (including phenoxy) is 3. The first-order chi connectivity index (χ1) is 61.2. The lowest BCUT2D eigenvalue weighted by Crippen LogP contribution is -2.30. The Hall–Kier alpha value is -5.61. The summed E-state index contributed by atoms with van der Waals surface area (Å²) in [6.07, 6.45) is 130. The predicted molar refractivity (Wildman–Crippen MR) is 528 cm³/mol. The summed E-state index contributed by atoms with van der Waals surface area (Å²) in [5.41, 5.74) is 0. The van der Waals surface area contributed by atoms with Crippen molar-refractivity contribution in [3.8, 4) is 0 Å². The Kier molecular flexibility index (Phi) is 93.1. The largest absolute Gasteiger partial charge is 0.472 e. The summed E-state index contributed by atoms with van der Waals surface area (Å²) in [5, 5.41) is 20.8. The van der Waals surface area contributed by atoms with Crippen LogP contribution in [0.1, 0.15) is 406 Å². The zero-order valence-corrected chi connectivity index (χ0v) is 80.7. The van der Waals surface area contributed by atoms with E-state index in [-0.39, 0.29) is 19.3 Å². The van der Waals surface area contributed by atoms with Crippen LogP contribution in [0.3, 0.4) is 0 Å². The molecule has 0 amide bonds. The summed E-state index contributed by atoms with van der Waals surface area (Å²) in [6.45, 7) is 2.46. The van der Waals surface area contributed by atoms with Gasteiger partial charge in [-0.3, -0.25) is 32.5 Å². The smallest absolute Gasteiger partial charge is 0.463 e. The molecule has 0 aliphatic rings. The van der Waals surface area contributed by atoms with Crippen LogP contribution in [-0.4, -0.2) is 95.9 Å². The van der Waals surface area contributed by atoms with Crippen LogP contribution in [0.15, 0.2) is 194 Å². The molecule has 5 unspecified atom stereocenters. The average molecular weight is 1780 g/mol. The van der Waals surface area contributed by atoms with Gasteiger partial charge in [0.15, 0.2) is 6.10 Å². The van der Waals surface area contributed by atoms with Crippen molar-refractivity contribution < 1.29 is 75.8 Å². The van der Waals surface area contributed by atoms with Gasteiger partial charge >= 0.3 is 33.6 Å². The van der Waals surface area contributed by atoms with E-state index in [1.165, 1.54) is 161 Å². The summed E-state index contributed by atoms with van der Waals surface area (Å²) >= 11 is 0. The zero-order valence-electron chi connectivity index (χ0n) is 79.0. The molecule has 0 aromatic carbocycles. The van der Waals surface area contributed by atoms with Gasteiger partial charge in [0.1, 0.15) is 25.4 Å². The molecule has 0 saturated heterocycles. The minimum Gasteiger partial charge on any atom is -0.463 e. The lowest BCUT2D eigenvalue weighted by Gasteiger charge is -2.21. The van der Waals surface area contributed by atoms with E-state index in [2.05, 4.69) is 215 Å². The van der Waals surface area contributed by atoms with Crippen molar-refractivity contribution in [1.82, 2.24) is 0 Å². The Balaban J connectivity index is 4.66. The minimum atomic E-state index is -4.95. The second-order valence-corrected chi connectivity index (χ2v) is 35.7. The Morgan fingerprint density at radius 3 is 0.672 bits per heavy atom. The highest BCUT2D eigenvalue weighted by atomic mass is 31.2. The van der Waals surface area contributed by atoms with Gasteiger partial charge in [-0.2, -0.15) is 0 Å². The topological polar surface area (TPSA) is 231 Å². The molecule has 0 aromatic heterocycles. The van der Waals surface area contributed by atoms with Gasteiger partial charge in [0.25, 0.3) is 0 Å². The number of phosphoric ester groups is 2. The maximum atomic E-state index is 13.1. The van der Waals surface area contributed by atoms with Crippen molar-refractivity contribution in [3.63, 3.8) is 0 Å². The van der Waals surface area contributed by atoms with Crippen molar-refractivity contribution in [2.24, 2.45) is 0 Å². The van der Waals surface area contributed by atoms with Crippen molar-refractivity contribution in [2.45, 2.75) is 424 Å². The number of phosphoric acid groups is 2. The maximum absolute atomic E-state index is 13.1. The first-order valence-corrected chi connectivity index (χ1v) is 52.7. The van der Waals surface area contributed by atoms with Crippen molar-refractivity contribution in [3.05, 3.63) is 194 Å². The molecule has 0 fully saturated rings. The predicted octanol–water partition coefficient (Wildman–Crippen LogP) is 31.3. The molecule has 0 rings (SSSR count). The fourth-order valence-electron chi connectivity index (χ4n) is 13.3. The fraction of sp³-hybridized carbons (Fsp3) is 0.673. The first kappa shape index (κ1) is 119. The highest BCUT2D eigenvalue weighted by Gasteiger charge is 2.30. The van der Waals surface area contributed by atoms with Gasteiger partial charge in [0, 0.05) is 19.3 Å². The summed E-state index contributed by atoms with van der Waals surface area (Å²) in [4.78, 5) is 59.2. The number of hydrogen-bond donors (Lipinski definition) is 4. The molecule has 125 heavy (non-hydrogen) atoms. The molecular formula is C107H180O16P2. The van der Waals surface area contributed by atoms with Crippen molar-refractivity contribution >= 4 is 33.6 Å². The van der Waals surface area contributed by atoms with E-state index in [9.17, 15) is 43.5 Å². The average Bonchev–Trinajstić information content (AvgIpc) is 0.901. The standard InChI is InChI=1S/C107H180O16P2/c1-4-7-10-13-16-19-22-25-28-31-34-37-40-43-46-48-50-52-55-57-60-63-66-69-72-75-78-81-84-87-90-93-105(110)117-96-102(108)97-119-124(113,114)120-98-103(109)99-121-125(115,116)122-101-104(123-107(112)95-92-89-86-83-80-77-74-71-68-65-62-59-54-45-42-39-36-33-30-27-24-21-18-15-12-9-6-3)100-118-106(111)94-91-88-85-82-79-76-73-70-67-64-61-58-56-53-51-49-47-44-41-38-35-32-29-26-23-20-17-14-11-8-5-2/h7,9-10,12,16-21,25-30,34-39,43-47,50,52,54,62,65,102-104,108-109H,4-6,8,11,13-15,22-24,31-33,40-42,48-49,51,53,55-61,63-64,66-101H2,1-3H3,(H,113,114)(H,115,116)/b10-7-,12-9-,19-16-,20-17-,21-18-,28-25-,29-26-,30-27-,37-34-,38-35-,39-36-,46-43-,47-44-,52-50-,54-45-,65-62-. The van der Waals surface area contributed by atoms with E-state index < -0.39 is 91.5 Å². The van der Waals surface area contributed by atoms with E-state index in [1.54, 1.807) is 0 Å². The second kappa shape index (κ2) is 97.4. The number of carbonyl (C=O) groups is 3.